The van der Waals surface area contributed by atoms with Crippen molar-refractivity contribution in [3.63, 3.8) is 0 Å². The standard InChI is InChI=1S/C13H24N2O3/c1-4-9(12(17)18)8-15-11(16)10-13(2,3)6-5-7-14-10/h9-10,14H,4-8H2,1-3H3,(H,15,16)(H,17,18). The summed E-state index contributed by atoms with van der Waals surface area (Å²) in [6, 6.07) is -0.224. The fraction of sp³-hybridized carbons (Fsp3) is 0.846. The number of piperidine rings is 1. The summed E-state index contributed by atoms with van der Waals surface area (Å²) < 4.78 is 0. The molecular formula is C13H24N2O3. The van der Waals surface area contributed by atoms with Crippen LogP contribution in [0.15, 0.2) is 0 Å². The molecule has 0 aliphatic carbocycles. The molecular weight excluding hydrogens is 232 g/mol. The molecule has 1 heterocycles. The molecule has 0 bridgehead atoms. The van der Waals surface area contributed by atoms with E-state index in [0.29, 0.717) is 6.42 Å². The van der Waals surface area contributed by atoms with Gasteiger partial charge in [-0.3, -0.25) is 9.59 Å². The van der Waals surface area contributed by atoms with Gasteiger partial charge in [0.15, 0.2) is 0 Å². The number of carbonyl (C=O) groups is 2. The van der Waals surface area contributed by atoms with Crippen LogP contribution in [0.2, 0.25) is 0 Å². The fourth-order valence-corrected chi connectivity index (χ4v) is 2.39. The lowest BCUT2D eigenvalue weighted by molar-refractivity contribution is -0.141. The van der Waals surface area contributed by atoms with E-state index in [9.17, 15) is 9.59 Å². The van der Waals surface area contributed by atoms with Crippen molar-refractivity contribution in [3.8, 4) is 0 Å². The summed E-state index contributed by atoms with van der Waals surface area (Å²) in [5, 5.41) is 14.9. The van der Waals surface area contributed by atoms with Gasteiger partial charge in [-0.2, -0.15) is 0 Å². The van der Waals surface area contributed by atoms with Crippen molar-refractivity contribution in [1.82, 2.24) is 10.6 Å². The van der Waals surface area contributed by atoms with Gasteiger partial charge in [-0.1, -0.05) is 20.8 Å². The van der Waals surface area contributed by atoms with Crippen molar-refractivity contribution < 1.29 is 14.7 Å². The van der Waals surface area contributed by atoms with Gasteiger partial charge in [0.1, 0.15) is 0 Å². The highest BCUT2D eigenvalue weighted by molar-refractivity contribution is 5.83. The van der Waals surface area contributed by atoms with E-state index < -0.39 is 11.9 Å². The van der Waals surface area contributed by atoms with Crippen LogP contribution in [0.4, 0.5) is 0 Å². The van der Waals surface area contributed by atoms with Crippen molar-refractivity contribution in [1.29, 1.82) is 0 Å². The quantitative estimate of drug-likeness (QED) is 0.685. The second-order valence-electron chi connectivity index (χ2n) is 5.67. The van der Waals surface area contributed by atoms with Crippen molar-refractivity contribution >= 4 is 11.9 Å². The minimum absolute atomic E-state index is 0.0761. The smallest absolute Gasteiger partial charge is 0.308 e. The minimum Gasteiger partial charge on any atom is -0.481 e. The van der Waals surface area contributed by atoms with Gasteiger partial charge in [0.25, 0.3) is 0 Å². The molecule has 18 heavy (non-hydrogen) atoms. The number of carboxylic acid groups (broad SMARTS) is 1. The average molecular weight is 256 g/mol. The summed E-state index contributed by atoms with van der Waals surface area (Å²) in [6.07, 6.45) is 2.61. The number of amides is 1. The number of hydrogen-bond donors (Lipinski definition) is 3. The second-order valence-corrected chi connectivity index (χ2v) is 5.67. The van der Waals surface area contributed by atoms with Gasteiger partial charge in [0, 0.05) is 6.54 Å². The Kier molecular flexibility index (Phi) is 5.14. The largest absolute Gasteiger partial charge is 0.481 e. The molecule has 1 saturated heterocycles. The lowest BCUT2D eigenvalue weighted by Crippen LogP contribution is -2.56. The van der Waals surface area contributed by atoms with Crippen molar-refractivity contribution in [2.75, 3.05) is 13.1 Å². The van der Waals surface area contributed by atoms with Crippen molar-refractivity contribution in [3.05, 3.63) is 0 Å². The Hall–Kier alpha value is -1.10. The number of hydrogen-bond acceptors (Lipinski definition) is 3. The van der Waals surface area contributed by atoms with Crippen LogP contribution in [0.25, 0.3) is 0 Å². The van der Waals surface area contributed by atoms with E-state index >= 15 is 0 Å². The molecule has 5 heteroatoms. The highest BCUT2D eigenvalue weighted by Crippen LogP contribution is 2.30. The molecule has 0 spiro atoms. The number of carbonyl (C=O) groups excluding carboxylic acids is 1. The first-order valence-electron chi connectivity index (χ1n) is 6.62. The third kappa shape index (κ3) is 3.70. The number of rotatable bonds is 5. The summed E-state index contributed by atoms with van der Waals surface area (Å²) in [5.41, 5.74) is -0.0761. The molecule has 1 amide bonds. The summed E-state index contributed by atoms with van der Waals surface area (Å²) in [4.78, 5) is 23.0. The highest BCUT2D eigenvalue weighted by atomic mass is 16.4. The molecule has 0 aromatic carbocycles. The molecule has 5 nitrogen and oxygen atoms in total. The van der Waals surface area contributed by atoms with E-state index in [1.807, 2.05) is 6.92 Å². The molecule has 0 aromatic heterocycles. The fourth-order valence-electron chi connectivity index (χ4n) is 2.39. The molecule has 1 aliphatic rings. The summed E-state index contributed by atoms with van der Waals surface area (Å²) >= 11 is 0. The average Bonchev–Trinajstić information content (AvgIpc) is 2.28. The zero-order chi connectivity index (χ0) is 13.8. The van der Waals surface area contributed by atoms with Crippen LogP contribution < -0.4 is 10.6 Å². The van der Waals surface area contributed by atoms with Crippen LogP contribution in [-0.2, 0) is 9.59 Å². The van der Waals surface area contributed by atoms with Gasteiger partial charge in [0.2, 0.25) is 5.91 Å². The Morgan fingerprint density at radius 2 is 2.17 bits per heavy atom. The van der Waals surface area contributed by atoms with Gasteiger partial charge < -0.3 is 15.7 Å². The first-order chi connectivity index (χ1) is 8.38. The molecule has 104 valence electrons. The van der Waals surface area contributed by atoms with E-state index in [1.54, 1.807) is 0 Å². The van der Waals surface area contributed by atoms with E-state index in [0.717, 1.165) is 19.4 Å². The lowest BCUT2D eigenvalue weighted by atomic mass is 9.77. The number of aliphatic carboxylic acids is 1. The predicted molar refractivity (Wildman–Crippen MR) is 69.2 cm³/mol. The maximum atomic E-state index is 12.1. The third-order valence-electron chi connectivity index (χ3n) is 3.75. The van der Waals surface area contributed by atoms with Crippen LogP contribution in [0, 0.1) is 11.3 Å². The second kappa shape index (κ2) is 6.18. The molecule has 2 atom stereocenters. The molecule has 3 N–H and O–H groups in total. The van der Waals surface area contributed by atoms with Gasteiger partial charge in [-0.25, -0.2) is 0 Å². The van der Waals surface area contributed by atoms with E-state index in [1.165, 1.54) is 0 Å². The normalized spacial score (nSPS) is 24.3. The Labute approximate surface area is 108 Å². The Bertz CT molecular complexity index is 315. The highest BCUT2D eigenvalue weighted by Gasteiger charge is 2.37. The molecule has 2 unspecified atom stereocenters. The first-order valence-corrected chi connectivity index (χ1v) is 6.62. The maximum Gasteiger partial charge on any atom is 0.308 e. The molecule has 1 fully saturated rings. The van der Waals surface area contributed by atoms with Gasteiger partial charge in [-0.15, -0.1) is 0 Å². The molecule has 0 radical (unpaired) electrons. The zero-order valence-electron chi connectivity index (χ0n) is 11.5. The summed E-state index contributed by atoms with van der Waals surface area (Å²) in [7, 11) is 0. The van der Waals surface area contributed by atoms with E-state index in [2.05, 4.69) is 24.5 Å². The summed E-state index contributed by atoms with van der Waals surface area (Å²) in [5.74, 6) is -1.44. The lowest BCUT2D eigenvalue weighted by Gasteiger charge is -2.38. The summed E-state index contributed by atoms with van der Waals surface area (Å²) in [6.45, 7) is 7.00. The Morgan fingerprint density at radius 3 is 2.67 bits per heavy atom. The monoisotopic (exact) mass is 256 g/mol. The predicted octanol–water partition coefficient (Wildman–Crippen LogP) is 0.992. The zero-order valence-corrected chi connectivity index (χ0v) is 11.5. The Morgan fingerprint density at radius 1 is 1.50 bits per heavy atom. The van der Waals surface area contributed by atoms with Gasteiger partial charge >= 0.3 is 5.97 Å². The van der Waals surface area contributed by atoms with Crippen molar-refractivity contribution in [2.24, 2.45) is 11.3 Å². The van der Waals surface area contributed by atoms with E-state index in [-0.39, 0.29) is 23.9 Å². The van der Waals surface area contributed by atoms with Crippen LogP contribution in [-0.4, -0.2) is 36.1 Å². The maximum absolute atomic E-state index is 12.1. The van der Waals surface area contributed by atoms with Crippen LogP contribution in [0.3, 0.4) is 0 Å². The van der Waals surface area contributed by atoms with Crippen LogP contribution >= 0.6 is 0 Å². The third-order valence-corrected chi connectivity index (χ3v) is 3.75. The van der Waals surface area contributed by atoms with Crippen molar-refractivity contribution in [2.45, 2.75) is 46.1 Å². The first kappa shape index (κ1) is 15.0. The Balaban J connectivity index is 2.52. The van der Waals surface area contributed by atoms with Gasteiger partial charge in [0.05, 0.1) is 12.0 Å². The van der Waals surface area contributed by atoms with E-state index in [4.69, 9.17) is 5.11 Å². The SMILES string of the molecule is CCC(CNC(=O)C1NCCCC1(C)C)C(=O)O. The molecule has 0 saturated carbocycles. The topological polar surface area (TPSA) is 78.4 Å². The van der Waals surface area contributed by atoms with Crippen LogP contribution in [0.5, 0.6) is 0 Å². The van der Waals surface area contributed by atoms with Gasteiger partial charge in [-0.05, 0) is 31.2 Å². The number of nitrogens with one attached hydrogen (secondary N) is 2. The molecule has 1 rings (SSSR count). The van der Waals surface area contributed by atoms with Crippen LogP contribution in [0.1, 0.15) is 40.0 Å². The molecule has 1 aliphatic heterocycles. The molecule has 0 aromatic rings. The minimum atomic E-state index is -0.853. The number of carboxylic acids is 1.